The minimum atomic E-state index is -5.08. The second-order valence-corrected chi connectivity index (χ2v) is 8.50. The fraction of sp³-hybridized carbons (Fsp3) is 0.545. The van der Waals surface area contributed by atoms with Crippen LogP contribution in [0.1, 0.15) is 50.3 Å². The first-order valence-corrected chi connectivity index (χ1v) is 11.2. The van der Waals surface area contributed by atoms with Gasteiger partial charge in [0, 0.05) is 25.3 Å². The first kappa shape index (κ1) is 25.5. The van der Waals surface area contributed by atoms with E-state index in [1.54, 1.807) is 0 Å². The number of carbonyl (C=O) groups excluding carboxylic acids is 1. The molecule has 1 aliphatic heterocycles. The number of aromatic nitrogens is 3. The quantitative estimate of drug-likeness (QED) is 0.598. The molecule has 4 rings (SSSR count). The Hall–Kier alpha value is -3.15. The van der Waals surface area contributed by atoms with Crippen molar-refractivity contribution >= 4 is 17.6 Å². The second-order valence-electron chi connectivity index (χ2n) is 8.50. The first-order chi connectivity index (χ1) is 16.1. The monoisotopic (exact) mass is 482 g/mol. The average Bonchev–Trinajstić information content (AvgIpc) is 3.50. The number of hydrogen-bond acceptors (Lipinski definition) is 6. The molecule has 186 valence electrons. The van der Waals surface area contributed by atoms with Crippen LogP contribution in [0.5, 0.6) is 0 Å². The van der Waals surface area contributed by atoms with E-state index in [-0.39, 0.29) is 5.91 Å². The minimum Gasteiger partial charge on any atom is -0.475 e. The molecule has 0 bridgehead atoms. The summed E-state index contributed by atoms with van der Waals surface area (Å²) in [5.74, 6) is -2.50. The highest BCUT2D eigenvalue weighted by molar-refractivity contribution is 5.90. The van der Waals surface area contributed by atoms with Crippen LogP contribution in [-0.2, 0) is 16.1 Å². The largest absolute Gasteiger partial charge is 0.490 e. The summed E-state index contributed by atoms with van der Waals surface area (Å²) >= 11 is 0. The van der Waals surface area contributed by atoms with Gasteiger partial charge in [0.2, 0.25) is 5.91 Å². The lowest BCUT2D eigenvalue weighted by Gasteiger charge is -2.39. The SMILES string of the molecule is NCc1cn(C2CCN(C(=O)C3(Nc4ccccc4)CCCC3)CC2)nn1.O=C(O)C(F)(F)F. The van der Waals surface area contributed by atoms with Gasteiger partial charge in [-0.3, -0.25) is 4.79 Å². The number of hydrogen-bond donors (Lipinski definition) is 3. The van der Waals surface area contributed by atoms with Gasteiger partial charge in [0.25, 0.3) is 0 Å². The van der Waals surface area contributed by atoms with Gasteiger partial charge in [-0.15, -0.1) is 5.10 Å². The van der Waals surface area contributed by atoms with Gasteiger partial charge in [-0.2, -0.15) is 13.2 Å². The number of nitrogens with zero attached hydrogens (tertiary/aromatic N) is 4. The van der Waals surface area contributed by atoms with Gasteiger partial charge < -0.3 is 21.1 Å². The van der Waals surface area contributed by atoms with Crippen molar-refractivity contribution < 1.29 is 27.9 Å². The molecule has 2 fully saturated rings. The van der Waals surface area contributed by atoms with Gasteiger partial charge in [0.15, 0.2) is 0 Å². The smallest absolute Gasteiger partial charge is 0.475 e. The first-order valence-electron chi connectivity index (χ1n) is 11.2. The third-order valence-electron chi connectivity index (χ3n) is 6.16. The molecule has 4 N–H and O–H groups in total. The van der Waals surface area contributed by atoms with Crippen LogP contribution in [0.25, 0.3) is 0 Å². The van der Waals surface area contributed by atoms with E-state index in [2.05, 4.69) is 15.6 Å². The van der Waals surface area contributed by atoms with Gasteiger partial charge >= 0.3 is 12.1 Å². The number of benzene rings is 1. The summed E-state index contributed by atoms with van der Waals surface area (Å²) in [5.41, 5.74) is 7.01. The Bertz CT molecular complexity index is 952. The number of piperidine rings is 1. The summed E-state index contributed by atoms with van der Waals surface area (Å²) in [4.78, 5) is 24.4. The Kier molecular flexibility index (Phi) is 8.13. The van der Waals surface area contributed by atoms with Crippen molar-refractivity contribution in [1.29, 1.82) is 0 Å². The number of rotatable bonds is 5. The van der Waals surface area contributed by atoms with E-state index in [4.69, 9.17) is 15.6 Å². The lowest BCUT2D eigenvalue weighted by Crippen LogP contribution is -2.54. The molecular formula is C22H29F3N6O3. The van der Waals surface area contributed by atoms with Gasteiger partial charge in [0.05, 0.1) is 17.9 Å². The van der Waals surface area contributed by atoms with Crippen LogP contribution in [-0.4, -0.2) is 61.7 Å². The lowest BCUT2D eigenvalue weighted by atomic mass is 9.93. The molecule has 1 saturated heterocycles. The van der Waals surface area contributed by atoms with Gasteiger partial charge in [-0.1, -0.05) is 36.3 Å². The minimum absolute atomic E-state index is 0.253. The zero-order chi connectivity index (χ0) is 24.8. The van der Waals surface area contributed by atoms with Crippen molar-refractivity contribution in [2.75, 3.05) is 18.4 Å². The Morgan fingerprint density at radius 2 is 1.74 bits per heavy atom. The van der Waals surface area contributed by atoms with Crippen molar-refractivity contribution in [2.24, 2.45) is 5.73 Å². The number of amides is 1. The highest BCUT2D eigenvalue weighted by Crippen LogP contribution is 2.36. The van der Waals surface area contributed by atoms with Gasteiger partial charge in [-0.25, -0.2) is 9.48 Å². The van der Waals surface area contributed by atoms with Crippen LogP contribution in [0.4, 0.5) is 18.9 Å². The van der Waals surface area contributed by atoms with Crippen LogP contribution in [0.2, 0.25) is 0 Å². The summed E-state index contributed by atoms with van der Waals surface area (Å²) in [6.45, 7) is 1.93. The van der Waals surface area contributed by atoms with Crippen LogP contribution in [0.3, 0.4) is 0 Å². The standard InChI is InChI=1S/C20H28N6O.C2HF3O2/c21-14-17-15-26(24-23-17)18-8-12-25(13-9-18)19(27)20(10-4-5-11-20)22-16-6-2-1-3-7-16;3-2(4,5)1(6)7/h1-3,6-7,15,18,22H,4-5,8-14,21H2;(H,6,7). The maximum atomic E-state index is 13.4. The number of nitrogens with one attached hydrogen (secondary N) is 1. The fourth-order valence-corrected chi connectivity index (χ4v) is 4.39. The highest BCUT2D eigenvalue weighted by Gasteiger charge is 2.44. The maximum absolute atomic E-state index is 13.4. The number of halogens is 3. The topological polar surface area (TPSA) is 126 Å². The molecule has 1 amide bonds. The van der Waals surface area contributed by atoms with Crippen molar-refractivity contribution in [3.63, 3.8) is 0 Å². The normalized spacial score (nSPS) is 18.2. The van der Waals surface area contributed by atoms with Crippen LogP contribution < -0.4 is 11.1 Å². The number of carbonyl (C=O) groups is 2. The molecule has 0 radical (unpaired) electrons. The fourth-order valence-electron chi connectivity index (χ4n) is 4.39. The van der Waals surface area contributed by atoms with Crippen LogP contribution in [0, 0.1) is 0 Å². The van der Waals surface area contributed by atoms with E-state index in [0.717, 1.165) is 63.0 Å². The third kappa shape index (κ3) is 6.25. The van der Waals surface area contributed by atoms with E-state index in [1.165, 1.54) is 0 Å². The van der Waals surface area contributed by atoms with E-state index < -0.39 is 17.7 Å². The zero-order valence-electron chi connectivity index (χ0n) is 18.7. The second kappa shape index (κ2) is 10.9. The van der Waals surface area contributed by atoms with E-state index in [9.17, 15) is 18.0 Å². The molecule has 0 unspecified atom stereocenters. The number of aliphatic carboxylic acids is 1. The molecule has 9 nitrogen and oxygen atoms in total. The molecular weight excluding hydrogens is 453 g/mol. The van der Waals surface area contributed by atoms with Crippen molar-refractivity contribution in [2.45, 2.75) is 62.8 Å². The Morgan fingerprint density at radius 1 is 1.15 bits per heavy atom. The summed E-state index contributed by atoms with van der Waals surface area (Å²) in [7, 11) is 0. The molecule has 1 aliphatic carbocycles. The number of carboxylic acid groups (broad SMARTS) is 1. The average molecular weight is 483 g/mol. The van der Waals surface area contributed by atoms with Crippen LogP contribution >= 0.6 is 0 Å². The Balaban J connectivity index is 0.000000406. The summed E-state index contributed by atoms with van der Waals surface area (Å²) in [5, 5.41) is 19.0. The highest BCUT2D eigenvalue weighted by atomic mass is 19.4. The predicted octanol–water partition coefficient (Wildman–Crippen LogP) is 2.96. The number of carboxylic acids is 1. The molecule has 0 spiro atoms. The van der Waals surface area contributed by atoms with Crippen molar-refractivity contribution in [3.05, 3.63) is 42.2 Å². The van der Waals surface area contributed by atoms with Crippen molar-refractivity contribution in [3.8, 4) is 0 Å². The van der Waals surface area contributed by atoms with Gasteiger partial charge in [0.1, 0.15) is 5.54 Å². The Morgan fingerprint density at radius 3 is 2.24 bits per heavy atom. The van der Waals surface area contributed by atoms with Gasteiger partial charge in [-0.05, 0) is 37.8 Å². The molecule has 2 heterocycles. The molecule has 0 atom stereocenters. The predicted molar refractivity (Wildman–Crippen MR) is 118 cm³/mol. The third-order valence-corrected chi connectivity index (χ3v) is 6.16. The maximum Gasteiger partial charge on any atom is 0.490 e. The summed E-state index contributed by atoms with van der Waals surface area (Å²) in [6, 6.07) is 10.4. The number of likely N-dealkylation sites (tertiary alicyclic amines) is 1. The molecule has 1 saturated carbocycles. The lowest BCUT2D eigenvalue weighted by molar-refractivity contribution is -0.192. The summed E-state index contributed by atoms with van der Waals surface area (Å²) < 4.78 is 33.7. The van der Waals surface area contributed by atoms with E-state index >= 15 is 0 Å². The molecule has 2 aliphatic rings. The van der Waals surface area contributed by atoms with Crippen molar-refractivity contribution in [1.82, 2.24) is 19.9 Å². The van der Waals surface area contributed by atoms with E-state index in [0.29, 0.717) is 12.6 Å². The number of anilines is 1. The molecule has 12 heteroatoms. The molecule has 2 aromatic rings. The molecule has 34 heavy (non-hydrogen) atoms. The number of para-hydroxylation sites is 1. The van der Waals surface area contributed by atoms with Crippen LogP contribution in [0.15, 0.2) is 36.5 Å². The number of nitrogens with two attached hydrogens (primary N) is 1. The summed E-state index contributed by atoms with van der Waals surface area (Å²) in [6.07, 6.45) is 2.66. The Labute approximate surface area is 195 Å². The zero-order valence-corrected chi connectivity index (χ0v) is 18.7. The number of alkyl halides is 3. The van der Waals surface area contributed by atoms with E-state index in [1.807, 2.05) is 46.1 Å². The molecule has 1 aromatic heterocycles. The molecule has 1 aromatic carbocycles.